The zero-order valence-electron chi connectivity index (χ0n) is 16.4. The summed E-state index contributed by atoms with van der Waals surface area (Å²) < 4.78 is 71.0. The first kappa shape index (κ1) is 22.1. The Kier molecular flexibility index (Phi) is 5.40. The van der Waals surface area contributed by atoms with Gasteiger partial charge in [0.25, 0.3) is 5.56 Å². The van der Waals surface area contributed by atoms with Crippen LogP contribution in [0.1, 0.15) is 16.1 Å². The lowest BCUT2D eigenvalue weighted by Gasteiger charge is -2.11. The summed E-state index contributed by atoms with van der Waals surface area (Å²) in [6.07, 6.45) is -3.70. The number of aromatic amines is 1. The topological polar surface area (TPSA) is 84.3 Å². The minimum Gasteiger partial charge on any atom is -0.477 e. The van der Waals surface area contributed by atoms with Gasteiger partial charge in [0.15, 0.2) is 0 Å². The van der Waals surface area contributed by atoms with Crippen LogP contribution in [0.2, 0.25) is 0 Å². The fourth-order valence-corrected chi connectivity index (χ4v) is 3.63. The number of hydrogen-bond acceptors (Lipinski definition) is 3. The van der Waals surface area contributed by atoms with Crippen LogP contribution in [-0.4, -0.2) is 27.0 Å². The van der Waals surface area contributed by atoms with E-state index in [9.17, 15) is 36.6 Å². The Balaban J connectivity index is 2.04. The second kappa shape index (κ2) is 8.08. The van der Waals surface area contributed by atoms with Crippen molar-refractivity contribution < 1.29 is 36.6 Å². The number of nitrogens with zero attached hydrogens (tertiary/aromatic N) is 1. The van der Waals surface area contributed by atoms with Crippen molar-refractivity contribution in [3.8, 4) is 16.9 Å². The molecule has 0 aliphatic carbocycles. The largest absolute Gasteiger partial charge is 0.573 e. The Morgan fingerprint density at radius 3 is 2.48 bits per heavy atom. The molecule has 2 aromatic heterocycles. The molecule has 0 atom stereocenters. The molecular weight excluding hydrogens is 451 g/mol. The molecule has 0 saturated heterocycles. The number of carbonyl (C=O) groups is 1. The molecule has 0 radical (unpaired) electrons. The van der Waals surface area contributed by atoms with Crippen molar-refractivity contribution in [2.45, 2.75) is 12.9 Å². The maximum atomic E-state index is 14.3. The molecule has 0 spiro atoms. The van der Waals surface area contributed by atoms with Gasteiger partial charge in [-0.05, 0) is 36.4 Å². The summed E-state index contributed by atoms with van der Waals surface area (Å²) in [4.78, 5) is 27.1. The lowest BCUT2D eigenvalue weighted by molar-refractivity contribution is -0.274. The van der Waals surface area contributed by atoms with Gasteiger partial charge in [0.05, 0.1) is 6.54 Å². The second-order valence-electron chi connectivity index (χ2n) is 6.99. The average Bonchev–Trinajstić information content (AvgIpc) is 3.03. The molecule has 2 aromatic carbocycles. The number of rotatable bonds is 5. The summed E-state index contributed by atoms with van der Waals surface area (Å²) in [5.41, 5.74) is -1.41. The van der Waals surface area contributed by atoms with Crippen LogP contribution in [0.4, 0.5) is 22.0 Å². The van der Waals surface area contributed by atoms with E-state index in [4.69, 9.17) is 0 Å². The monoisotopic (exact) mass is 464 g/mol. The summed E-state index contributed by atoms with van der Waals surface area (Å²) in [6.45, 7) is -0.394. The number of aromatic nitrogens is 2. The molecule has 0 aliphatic heterocycles. The number of H-pyrrole nitrogens is 1. The van der Waals surface area contributed by atoms with E-state index in [0.29, 0.717) is 6.07 Å². The van der Waals surface area contributed by atoms with E-state index < -0.39 is 47.5 Å². The molecule has 0 saturated carbocycles. The van der Waals surface area contributed by atoms with Crippen LogP contribution in [0.3, 0.4) is 0 Å². The molecule has 4 rings (SSSR count). The minimum absolute atomic E-state index is 0.0339. The lowest BCUT2D eigenvalue weighted by Crippen LogP contribution is -2.17. The number of benzene rings is 2. The molecule has 2 N–H and O–H groups in total. The van der Waals surface area contributed by atoms with Gasteiger partial charge in [0, 0.05) is 39.9 Å². The highest BCUT2D eigenvalue weighted by molar-refractivity contribution is 6.08. The molecule has 0 amide bonds. The third-order valence-electron chi connectivity index (χ3n) is 4.90. The van der Waals surface area contributed by atoms with Crippen molar-refractivity contribution >= 4 is 16.9 Å². The number of carboxylic acids is 1. The number of halogens is 5. The lowest BCUT2D eigenvalue weighted by atomic mass is 10.0. The molecule has 33 heavy (non-hydrogen) atoms. The normalized spacial score (nSPS) is 11.7. The third kappa shape index (κ3) is 4.29. The number of carboxylic acid groups (broad SMARTS) is 1. The standard InChI is InChI=1S/C22H13F5N2O4/c23-12-4-3-11(16(24)8-12)10-29-17-6-5-13(33-22(25,26)27)9-15(17)18(19(29)21(31)32)14-2-1-7-28-20(14)30/h1-9H,10H2,(H,28,30)(H,31,32). The van der Waals surface area contributed by atoms with Gasteiger partial charge >= 0.3 is 12.3 Å². The number of fused-ring (bicyclic) bond motifs is 1. The van der Waals surface area contributed by atoms with E-state index in [2.05, 4.69) is 9.72 Å². The van der Waals surface area contributed by atoms with Crippen molar-refractivity contribution in [1.29, 1.82) is 0 Å². The maximum absolute atomic E-state index is 14.3. The van der Waals surface area contributed by atoms with Gasteiger partial charge in [-0.15, -0.1) is 13.2 Å². The van der Waals surface area contributed by atoms with E-state index in [0.717, 1.165) is 28.8 Å². The Labute approximate surface area is 181 Å². The molecule has 0 unspecified atom stereocenters. The van der Waals surface area contributed by atoms with Gasteiger partial charge in [0.1, 0.15) is 23.1 Å². The Morgan fingerprint density at radius 1 is 1.09 bits per heavy atom. The fraction of sp³-hybridized carbons (Fsp3) is 0.0909. The Morgan fingerprint density at radius 2 is 1.85 bits per heavy atom. The molecule has 11 heteroatoms. The molecular formula is C22H13F5N2O4. The fourth-order valence-electron chi connectivity index (χ4n) is 3.63. The van der Waals surface area contributed by atoms with Crippen LogP contribution in [0, 0.1) is 11.6 Å². The average molecular weight is 464 g/mol. The first-order valence-electron chi connectivity index (χ1n) is 9.32. The smallest absolute Gasteiger partial charge is 0.477 e. The highest BCUT2D eigenvalue weighted by Gasteiger charge is 2.32. The summed E-state index contributed by atoms with van der Waals surface area (Å²) in [5, 5.41) is 9.91. The van der Waals surface area contributed by atoms with Gasteiger partial charge in [-0.25, -0.2) is 13.6 Å². The van der Waals surface area contributed by atoms with Gasteiger partial charge in [0.2, 0.25) is 0 Å². The third-order valence-corrected chi connectivity index (χ3v) is 4.90. The number of alkyl halides is 3. The highest BCUT2D eigenvalue weighted by Crippen LogP contribution is 2.37. The van der Waals surface area contributed by atoms with Crippen molar-refractivity contribution in [3.05, 3.63) is 88.0 Å². The van der Waals surface area contributed by atoms with Crippen LogP contribution < -0.4 is 10.3 Å². The van der Waals surface area contributed by atoms with Gasteiger partial charge < -0.3 is 19.4 Å². The number of ether oxygens (including phenoxy) is 1. The zero-order valence-corrected chi connectivity index (χ0v) is 16.4. The van der Waals surface area contributed by atoms with Crippen LogP contribution >= 0.6 is 0 Å². The van der Waals surface area contributed by atoms with E-state index in [1.165, 1.54) is 24.4 Å². The molecule has 6 nitrogen and oxygen atoms in total. The summed E-state index contributed by atoms with van der Waals surface area (Å²) >= 11 is 0. The molecule has 0 bridgehead atoms. The molecule has 0 aliphatic rings. The van der Waals surface area contributed by atoms with Gasteiger partial charge in [-0.3, -0.25) is 4.79 Å². The first-order valence-corrected chi connectivity index (χ1v) is 9.32. The minimum atomic E-state index is -5.01. The van der Waals surface area contributed by atoms with E-state index in [1.54, 1.807) is 0 Å². The van der Waals surface area contributed by atoms with E-state index in [-0.39, 0.29) is 27.6 Å². The van der Waals surface area contributed by atoms with Gasteiger partial charge in [-0.2, -0.15) is 0 Å². The van der Waals surface area contributed by atoms with Crippen molar-refractivity contribution in [1.82, 2.24) is 9.55 Å². The van der Waals surface area contributed by atoms with Crippen molar-refractivity contribution in [2.75, 3.05) is 0 Å². The number of aromatic carboxylic acids is 1. The van der Waals surface area contributed by atoms with Crippen LogP contribution in [-0.2, 0) is 6.54 Å². The van der Waals surface area contributed by atoms with Crippen LogP contribution in [0.5, 0.6) is 5.75 Å². The zero-order chi connectivity index (χ0) is 23.9. The Hall–Kier alpha value is -4.15. The first-order chi connectivity index (χ1) is 15.5. The van der Waals surface area contributed by atoms with Crippen molar-refractivity contribution in [3.63, 3.8) is 0 Å². The molecule has 170 valence electrons. The highest BCUT2D eigenvalue weighted by atomic mass is 19.4. The van der Waals surface area contributed by atoms with Crippen molar-refractivity contribution in [2.24, 2.45) is 0 Å². The van der Waals surface area contributed by atoms with Gasteiger partial charge in [-0.1, -0.05) is 6.07 Å². The van der Waals surface area contributed by atoms with E-state index >= 15 is 0 Å². The number of pyridine rings is 1. The predicted octanol–water partition coefficient (Wildman–Crippen LogP) is 4.92. The molecule has 2 heterocycles. The predicted molar refractivity (Wildman–Crippen MR) is 107 cm³/mol. The summed E-state index contributed by atoms with van der Waals surface area (Å²) in [6, 6.07) is 8.55. The second-order valence-corrected chi connectivity index (χ2v) is 6.99. The maximum Gasteiger partial charge on any atom is 0.573 e. The molecule has 0 fully saturated rings. The van der Waals surface area contributed by atoms with E-state index in [1.807, 2.05) is 0 Å². The SMILES string of the molecule is O=C(O)c1c(-c2ccc[nH]c2=O)c2cc(OC(F)(F)F)ccc2n1Cc1ccc(F)cc1F. The number of nitrogens with one attached hydrogen (secondary N) is 1. The Bertz CT molecular complexity index is 1440. The summed E-state index contributed by atoms with van der Waals surface area (Å²) in [7, 11) is 0. The quantitative estimate of drug-likeness (QED) is 0.411. The summed E-state index contributed by atoms with van der Waals surface area (Å²) in [5.74, 6) is -3.92. The van der Waals surface area contributed by atoms with Crippen LogP contribution in [0.15, 0.2) is 59.5 Å². The van der Waals surface area contributed by atoms with Crippen LogP contribution in [0.25, 0.3) is 22.0 Å². The molecule has 4 aromatic rings. The number of hydrogen-bond donors (Lipinski definition) is 2.